The van der Waals surface area contributed by atoms with Crippen molar-refractivity contribution in [3.8, 4) is 5.75 Å². The number of hydrogen-bond acceptors (Lipinski definition) is 5. The molecule has 0 radical (unpaired) electrons. The van der Waals surface area contributed by atoms with Gasteiger partial charge >= 0.3 is 0 Å². The van der Waals surface area contributed by atoms with Crippen LogP contribution < -0.4 is 9.04 Å². The summed E-state index contributed by atoms with van der Waals surface area (Å²) in [6, 6.07) is 11.8. The first kappa shape index (κ1) is 23.5. The van der Waals surface area contributed by atoms with Gasteiger partial charge in [0.25, 0.3) is 10.0 Å². The first-order valence-electron chi connectivity index (χ1n) is 10.7. The largest absolute Gasteiger partial charge is 0.494 e. The molecule has 8 heteroatoms. The maximum atomic E-state index is 13.1. The van der Waals surface area contributed by atoms with Gasteiger partial charge in [0.2, 0.25) is 0 Å². The van der Waals surface area contributed by atoms with Gasteiger partial charge in [0.15, 0.2) is 0 Å². The fourth-order valence-electron chi connectivity index (χ4n) is 3.46. The van der Waals surface area contributed by atoms with E-state index in [1.165, 1.54) is 36.3 Å². The van der Waals surface area contributed by atoms with Gasteiger partial charge in [0.1, 0.15) is 11.6 Å². The van der Waals surface area contributed by atoms with E-state index in [9.17, 15) is 12.8 Å². The molecule has 0 unspecified atom stereocenters. The van der Waals surface area contributed by atoms with Crippen LogP contribution in [-0.2, 0) is 14.8 Å². The zero-order valence-electron chi connectivity index (χ0n) is 18.0. The molecule has 3 rings (SSSR count). The van der Waals surface area contributed by atoms with Gasteiger partial charge in [-0.3, -0.25) is 9.21 Å². The number of rotatable bonds is 11. The van der Waals surface area contributed by atoms with Crippen molar-refractivity contribution in [3.05, 3.63) is 54.3 Å². The number of hydrogen-bond donors (Lipinski definition) is 0. The minimum atomic E-state index is -3.74. The third-order valence-corrected chi connectivity index (χ3v) is 7.21. The van der Waals surface area contributed by atoms with Gasteiger partial charge in [0, 0.05) is 20.1 Å². The molecule has 6 nitrogen and oxygen atoms in total. The van der Waals surface area contributed by atoms with E-state index in [-0.39, 0.29) is 4.90 Å². The highest BCUT2D eigenvalue weighted by Crippen LogP contribution is 2.24. The van der Waals surface area contributed by atoms with Crippen LogP contribution in [0.2, 0.25) is 0 Å². The first-order chi connectivity index (χ1) is 15.0. The molecule has 1 heterocycles. The number of anilines is 1. The molecule has 2 aromatic carbocycles. The highest BCUT2D eigenvalue weighted by atomic mass is 32.2. The van der Waals surface area contributed by atoms with E-state index in [4.69, 9.17) is 9.47 Å². The van der Waals surface area contributed by atoms with Gasteiger partial charge in [-0.2, -0.15) is 0 Å². The van der Waals surface area contributed by atoms with Crippen LogP contribution in [0.4, 0.5) is 10.1 Å². The summed E-state index contributed by atoms with van der Waals surface area (Å²) in [6.45, 7) is 5.56. The molecular formula is C23H31FN2O4S. The minimum Gasteiger partial charge on any atom is -0.494 e. The van der Waals surface area contributed by atoms with Gasteiger partial charge in [-0.1, -0.05) is 12.8 Å². The molecule has 0 spiro atoms. The highest BCUT2D eigenvalue weighted by molar-refractivity contribution is 7.92. The molecule has 0 aliphatic carbocycles. The van der Waals surface area contributed by atoms with Crippen LogP contribution in [0.3, 0.4) is 0 Å². The van der Waals surface area contributed by atoms with Crippen molar-refractivity contribution < 1.29 is 22.3 Å². The normalized spacial score (nSPS) is 15.0. The Morgan fingerprint density at radius 1 is 0.968 bits per heavy atom. The summed E-state index contributed by atoms with van der Waals surface area (Å²) in [4.78, 5) is 2.50. The van der Waals surface area contributed by atoms with E-state index in [2.05, 4.69) is 4.90 Å². The SMILES string of the molecule is CN(c1ccc(OCCCCCCN2CCOCC2)cc1)S(=O)(=O)c1ccc(F)cc1. The molecule has 1 aliphatic rings. The highest BCUT2D eigenvalue weighted by Gasteiger charge is 2.21. The van der Waals surface area contributed by atoms with E-state index in [1.54, 1.807) is 24.3 Å². The summed E-state index contributed by atoms with van der Waals surface area (Å²) >= 11 is 0. The Kier molecular flexibility index (Phi) is 8.69. The van der Waals surface area contributed by atoms with Crippen LogP contribution >= 0.6 is 0 Å². The lowest BCUT2D eigenvalue weighted by Gasteiger charge is -2.26. The van der Waals surface area contributed by atoms with Gasteiger partial charge < -0.3 is 9.47 Å². The number of nitrogens with zero attached hydrogens (tertiary/aromatic N) is 2. The average molecular weight is 451 g/mol. The van der Waals surface area contributed by atoms with E-state index < -0.39 is 15.8 Å². The second-order valence-electron chi connectivity index (χ2n) is 7.64. The Morgan fingerprint density at radius 2 is 1.61 bits per heavy atom. The molecule has 0 bridgehead atoms. The summed E-state index contributed by atoms with van der Waals surface area (Å²) in [5.74, 6) is 0.241. The zero-order chi connectivity index (χ0) is 22.1. The molecule has 0 N–H and O–H groups in total. The maximum absolute atomic E-state index is 13.1. The van der Waals surface area contributed by atoms with E-state index in [0.717, 1.165) is 57.8 Å². The van der Waals surface area contributed by atoms with Crippen molar-refractivity contribution in [2.75, 3.05) is 50.8 Å². The van der Waals surface area contributed by atoms with E-state index in [1.807, 2.05) is 0 Å². The quantitative estimate of drug-likeness (QED) is 0.486. The van der Waals surface area contributed by atoms with Crippen molar-refractivity contribution in [2.45, 2.75) is 30.6 Å². The molecule has 0 atom stereocenters. The van der Waals surface area contributed by atoms with Crippen LogP contribution in [0, 0.1) is 5.82 Å². The summed E-state index contributed by atoms with van der Waals surface area (Å²) in [5.41, 5.74) is 0.514. The molecule has 31 heavy (non-hydrogen) atoms. The van der Waals surface area contributed by atoms with Crippen LogP contribution in [0.15, 0.2) is 53.4 Å². The molecule has 0 saturated carbocycles. The Labute approximate surface area is 184 Å². The Balaban J connectivity index is 1.39. The number of halogens is 1. The predicted octanol–water partition coefficient (Wildman–Crippen LogP) is 3.92. The Morgan fingerprint density at radius 3 is 2.29 bits per heavy atom. The lowest BCUT2D eigenvalue weighted by Crippen LogP contribution is -2.36. The number of ether oxygens (including phenoxy) is 2. The monoisotopic (exact) mass is 450 g/mol. The van der Waals surface area contributed by atoms with Crippen LogP contribution in [-0.4, -0.2) is 59.8 Å². The van der Waals surface area contributed by atoms with Gasteiger partial charge in [-0.25, -0.2) is 12.8 Å². The standard InChI is InChI=1S/C23H31FN2O4S/c1-25(31(27,28)23-12-6-20(24)7-13-23)21-8-10-22(11-9-21)30-17-5-3-2-4-14-26-15-18-29-19-16-26/h6-13H,2-5,14-19H2,1H3. The molecule has 0 amide bonds. The third-order valence-electron chi connectivity index (χ3n) is 5.41. The maximum Gasteiger partial charge on any atom is 0.264 e. The zero-order valence-corrected chi connectivity index (χ0v) is 18.8. The second-order valence-corrected chi connectivity index (χ2v) is 9.61. The molecule has 1 aliphatic heterocycles. The van der Waals surface area contributed by atoms with Crippen molar-refractivity contribution in [1.29, 1.82) is 0 Å². The van der Waals surface area contributed by atoms with Gasteiger partial charge in [-0.15, -0.1) is 0 Å². The van der Waals surface area contributed by atoms with E-state index >= 15 is 0 Å². The molecule has 0 aromatic heterocycles. The Hall–Kier alpha value is -2.16. The van der Waals surface area contributed by atoms with Crippen LogP contribution in [0.1, 0.15) is 25.7 Å². The van der Waals surface area contributed by atoms with Gasteiger partial charge in [-0.05, 0) is 67.9 Å². The van der Waals surface area contributed by atoms with Crippen molar-refractivity contribution in [2.24, 2.45) is 0 Å². The molecule has 2 aromatic rings. The summed E-state index contributed by atoms with van der Waals surface area (Å²) in [5, 5.41) is 0. The summed E-state index contributed by atoms with van der Waals surface area (Å²) in [6.07, 6.45) is 4.50. The number of sulfonamides is 1. The minimum absolute atomic E-state index is 0.0466. The van der Waals surface area contributed by atoms with E-state index in [0.29, 0.717) is 18.0 Å². The van der Waals surface area contributed by atoms with Gasteiger partial charge in [0.05, 0.1) is 30.4 Å². The van der Waals surface area contributed by atoms with Crippen molar-refractivity contribution in [1.82, 2.24) is 4.90 Å². The lowest BCUT2D eigenvalue weighted by molar-refractivity contribution is 0.0371. The lowest BCUT2D eigenvalue weighted by atomic mass is 10.2. The summed E-state index contributed by atoms with van der Waals surface area (Å²) < 4.78 is 50.8. The third kappa shape index (κ3) is 6.92. The molecule has 170 valence electrons. The predicted molar refractivity (Wildman–Crippen MR) is 120 cm³/mol. The number of unbranched alkanes of at least 4 members (excludes halogenated alkanes) is 3. The summed E-state index contributed by atoms with van der Waals surface area (Å²) in [7, 11) is -2.27. The van der Waals surface area contributed by atoms with Crippen LogP contribution in [0.5, 0.6) is 5.75 Å². The molecule has 1 fully saturated rings. The first-order valence-corrected chi connectivity index (χ1v) is 12.2. The molecular weight excluding hydrogens is 419 g/mol. The fourth-order valence-corrected chi connectivity index (χ4v) is 4.66. The Bertz CT molecular complexity index is 898. The van der Waals surface area contributed by atoms with Crippen LogP contribution in [0.25, 0.3) is 0 Å². The molecule has 1 saturated heterocycles. The number of benzene rings is 2. The fraction of sp³-hybridized carbons (Fsp3) is 0.478. The topological polar surface area (TPSA) is 59.1 Å². The van der Waals surface area contributed by atoms with Crippen molar-refractivity contribution in [3.63, 3.8) is 0 Å². The van der Waals surface area contributed by atoms with Crippen molar-refractivity contribution >= 4 is 15.7 Å². The smallest absolute Gasteiger partial charge is 0.264 e. The average Bonchev–Trinajstić information content (AvgIpc) is 2.79. The second kappa shape index (κ2) is 11.5. The number of morpholine rings is 1.